The maximum Gasteiger partial charge on any atom is 0.337 e. The van der Waals surface area contributed by atoms with Crippen molar-refractivity contribution < 1.29 is 9.53 Å². The molecule has 21 heavy (non-hydrogen) atoms. The van der Waals surface area contributed by atoms with E-state index in [9.17, 15) is 4.79 Å². The topological polar surface area (TPSA) is 38.3 Å². The first-order chi connectivity index (χ1) is 10.0. The molecule has 110 valence electrons. The van der Waals surface area contributed by atoms with Crippen molar-refractivity contribution >= 4 is 27.6 Å². The molecular weight excluding hydrogens is 330 g/mol. The van der Waals surface area contributed by atoms with Crippen molar-refractivity contribution in [3.8, 4) is 0 Å². The molecule has 2 aromatic rings. The summed E-state index contributed by atoms with van der Waals surface area (Å²) >= 11 is 3.50. The smallest absolute Gasteiger partial charge is 0.337 e. The Balaban J connectivity index is 2.11. The average molecular weight is 348 g/mol. The fourth-order valence-electron chi connectivity index (χ4n) is 2.14. The molecule has 2 aromatic carbocycles. The van der Waals surface area contributed by atoms with E-state index in [0.717, 1.165) is 15.7 Å². The van der Waals surface area contributed by atoms with Crippen molar-refractivity contribution in [3.63, 3.8) is 0 Å². The highest BCUT2D eigenvalue weighted by molar-refractivity contribution is 9.10. The van der Waals surface area contributed by atoms with Crippen LogP contribution in [0.5, 0.6) is 0 Å². The highest BCUT2D eigenvalue weighted by Gasteiger charge is 2.08. The molecule has 0 aliphatic rings. The summed E-state index contributed by atoms with van der Waals surface area (Å²) in [5, 5.41) is 3.41. The maximum atomic E-state index is 11.5. The van der Waals surface area contributed by atoms with Crippen molar-refractivity contribution in [2.75, 3.05) is 12.4 Å². The van der Waals surface area contributed by atoms with Crippen LogP contribution in [-0.2, 0) is 11.3 Å². The second kappa shape index (κ2) is 6.76. The molecule has 2 rings (SSSR count). The molecule has 0 spiro atoms. The number of hydrogen-bond acceptors (Lipinski definition) is 3. The van der Waals surface area contributed by atoms with Crippen LogP contribution in [-0.4, -0.2) is 13.1 Å². The number of nitrogens with one attached hydrogen (secondary N) is 1. The lowest BCUT2D eigenvalue weighted by atomic mass is 10.1. The molecule has 0 radical (unpaired) electrons. The molecule has 0 atom stereocenters. The summed E-state index contributed by atoms with van der Waals surface area (Å²) < 4.78 is 5.60. The third kappa shape index (κ3) is 3.85. The monoisotopic (exact) mass is 347 g/mol. The molecule has 0 fully saturated rings. The highest BCUT2D eigenvalue weighted by atomic mass is 79.9. The Morgan fingerprint density at radius 1 is 1.19 bits per heavy atom. The van der Waals surface area contributed by atoms with Crippen LogP contribution in [0.15, 0.2) is 40.9 Å². The summed E-state index contributed by atoms with van der Waals surface area (Å²) in [4.78, 5) is 11.5. The largest absolute Gasteiger partial charge is 0.465 e. The van der Waals surface area contributed by atoms with E-state index in [4.69, 9.17) is 4.74 Å². The van der Waals surface area contributed by atoms with Gasteiger partial charge in [-0.1, -0.05) is 39.7 Å². The van der Waals surface area contributed by atoms with Gasteiger partial charge in [-0.2, -0.15) is 0 Å². The van der Waals surface area contributed by atoms with Crippen molar-refractivity contribution in [1.82, 2.24) is 0 Å². The van der Waals surface area contributed by atoms with Crippen LogP contribution in [0.1, 0.15) is 27.0 Å². The number of benzene rings is 2. The Bertz CT molecular complexity index is 668. The Morgan fingerprint density at radius 3 is 2.57 bits per heavy atom. The van der Waals surface area contributed by atoms with Crippen LogP contribution in [0, 0.1) is 13.8 Å². The summed E-state index contributed by atoms with van der Waals surface area (Å²) in [6, 6.07) is 11.8. The summed E-state index contributed by atoms with van der Waals surface area (Å²) in [6.07, 6.45) is 0. The minimum absolute atomic E-state index is 0.329. The Kier molecular flexibility index (Phi) is 5.02. The predicted molar refractivity (Wildman–Crippen MR) is 88.7 cm³/mol. The van der Waals surface area contributed by atoms with Gasteiger partial charge in [0.05, 0.1) is 12.7 Å². The Morgan fingerprint density at radius 2 is 1.95 bits per heavy atom. The number of rotatable bonds is 4. The average Bonchev–Trinajstić information content (AvgIpc) is 2.46. The molecule has 0 unspecified atom stereocenters. The van der Waals surface area contributed by atoms with E-state index in [-0.39, 0.29) is 5.97 Å². The molecule has 0 amide bonds. The van der Waals surface area contributed by atoms with E-state index in [1.807, 2.05) is 6.07 Å². The second-order valence-electron chi connectivity index (χ2n) is 4.97. The van der Waals surface area contributed by atoms with Crippen LogP contribution in [0.2, 0.25) is 0 Å². The standard InChI is InChI=1S/C17H18BrNO2/c1-11-4-7-16(12(2)8-11)19-10-14-6-5-13(9-15(14)18)17(20)21-3/h4-9,19H,10H2,1-3H3. The van der Waals surface area contributed by atoms with Crippen LogP contribution in [0.3, 0.4) is 0 Å². The molecule has 0 aliphatic carbocycles. The zero-order valence-electron chi connectivity index (χ0n) is 12.4. The maximum absolute atomic E-state index is 11.5. The summed E-state index contributed by atoms with van der Waals surface area (Å²) in [5.41, 5.74) is 5.21. The number of anilines is 1. The van der Waals surface area contributed by atoms with Gasteiger partial charge in [-0.15, -0.1) is 0 Å². The molecule has 1 N–H and O–H groups in total. The lowest BCUT2D eigenvalue weighted by Gasteiger charge is -2.12. The third-order valence-corrected chi connectivity index (χ3v) is 4.06. The van der Waals surface area contributed by atoms with Crippen molar-refractivity contribution in [2.24, 2.45) is 0 Å². The van der Waals surface area contributed by atoms with Crippen molar-refractivity contribution in [3.05, 3.63) is 63.1 Å². The predicted octanol–water partition coefficient (Wildman–Crippen LogP) is 4.46. The van der Waals surface area contributed by atoms with Crippen molar-refractivity contribution in [2.45, 2.75) is 20.4 Å². The molecule has 3 nitrogen and oxygen atoms in total. The van der Waals surface area contributed by atoms with Gasteiger partial charge in [0.25, 0.3) is 0 Å². The van der Waals surface area contributed by atoms with Crippen LogP contribution >= 0.6 is 15.9 Å². The van der Waals surface area contributed by atoms with Crippen molar-refractivity contribution in [1.29, 1.82) is 0 Å². The Labute approximate surface area is 133 Å². The molecule has 0 saturated carbocycles. The fraction of sp³-hybridized carbons (Fsp3) is 0.235. The first-order valence-electron chi connectivity index (χ1n) is 6.69. The zero-order chi connectivity index (χ0) is 15.4. The SMILES string of the molecule is COC(=O)c1ccc(CNc2ccc(C)cc2C)c(Br)c1. The zero-order valence-corrected chi connectivity index (χ0v) is 14.0. The van der Waals surface area contributed by atoms with Crippen LogP contribution in [0.25, 0.3) is 0 Å². The molecule has 4 heteroatoms. The number of methoxy groups -OCH3 is 1. The van der Waals surface area contributed by atoms with Gasteiger partial charge in [0.1, 0.15) is 0 Å². The lowest BCUT2D eigenvalue weighted by Crippen LogP contribution is -2.05. The summed E-state index contributed by atoms with van der Waals surface area (Å²) in [5.74, 6) is -0.329. The van der Waals surface area contributed by atoms with Gasteiger partial charge in [-0.25, -0.2) is 4.79 Å². The van der Waals surface area contributed by atoms with Crippen LogP contribution in [0.4, 0.5) is 5.69 Å². The van der Waals surface area contributed by atoms with Gasteiger partial charge >= 0.3 is 5.97 Å². The van der Waals surface area contributed by atoms with E-state index in [1.165, 1.54) is 18.2 Å². The summed E-state index contributed by atoms with van der Waals surface area (Å²) in [7, 11) is 1.38. The van der Waals surface area contributed by atoms with E-state index in [0.29, 0.717) is 12.1 Å². The number of esters is 1. The summed E-state index contributed by atoms with van der Waals surface area (Å²) in [6.45, 7) is 4.86. The quantitative estimate of drug-likeness (QED) is 0.829. The van der Waals surface area contributed by atoms with Gasteiger partial charge in [0, 0.05) is 16.7 Å². The number of hydrogen-bond donors (Lipinski definition) is 1. The molecule has 0 aliphatic heterocycles. The Hall–Kier alpha value is -1.81. The minimum Gasteiger partial charge on any atom is -0.465 e. The van der Waals surface area contributed by atoms with E-state index < -0.39 is 0 Å². The molecule has 0 saturated heterocycles. The third-order valence-electron chi connectivity index (χ3n) is 3.33. The lowest BCUT2D eigenvalue weighted by molar-refractivity contribution is 0.0600. The number of carbonyl (C=O) groups is 1. The van der Waals surface area contributed by atoms with Crippen LogP contribution < -0.4 is 5.32 Å². The van der Waals surface area contributed by atoms with Gasteiger partial charge < -0.3 is 10.1 Å². The molecular formula is C17H18BrNO2. The molecule has 0 aromatic heterocycles. The number of ether oxygens (including phenoxy) is 1. The first-order valence-corrected chi connectivity index (χ1v) is 7.48. The first kappa shape index (κ1) is 15.6. The number of carbonyl (C=O) groups excluding carboxylic acids is 1. The fourth-order valence-corrected chi connectivity index (χ4v) is 2.66. The highest BCUT2D eigenvalue weighted by Crippen LogP contribution is 2.22. The molecule has 0 heterocycles. The van der Waals surface area contributed by atoms with E-state index in [1.54, 1.807) is 12.1 Å². The van der Waals surface area contributed by atoms with Gasteiger partial charge in [-0.3, -0.25) is 0 Å². The van der Waals surface area contributed by atoms with Gasteiger partial charge in [0.2, 0.25) is 0 Å². The van der Waals surface area contributed by atoms with E-state index in [2.05, 4.69) is 53.3 Å². The van der Waals surface area contributed by atoms with Gasteiger partial charge in [0.15, 0.2) is 0 Å². The minimum atomic E-state index is -0.329. The normalized spacial score (nSPS) is 10.3. The van der Waals surface area contributed by atoms with E-state index >= 15 is 0 Å². The molecule has 0 bridgehead atoms. The number of aryl methyl sites for hydroxylation is 2. The number of halogens is 1. The van der Waals surface area contributed by atoms with Gasteiger partial charge in [-0.05, 0) is 43.2 Å². The second-order valence-corrected chi connectivity index (χ2v) is 5.82.